The minimum absolute atomic E-state index is 0.00580. The number of thioether (sulfide) groups is 1. The van der Waals surface area contributed by atoms with Gasteiger partial charge in [-0.2, -0.15) is 0 Å². The molecule has 1 aliphatic carbocycles. The molecule has 2 aromatic carbocycles. The standard InChI is InChI=1S/C22H25NO2S/c24-21(17-9-4-3-5-10-17)16-26-20-14-8-11-18(15-20)22(25)23-19-12-6-1-2-7-13-19/h3-5,8-11,14-15,19H,1-2,6-7,12-13,16H2,(H,23,25). The van der Waals surface area contributed by atoms with Gasteiger partial charge in [0, 0.05) is 22.1 Å². The zero-order valence-electron chi connectivity index (χ0n) is 14.9. The maximum Gasteiger partial charge on any atom is 0.251 e. The molecule has 1 amide bonds. The molecule has 1 saturated carbocycles. The second-order valence-corrected chi connectivity index (χ2v) is 7.82. The molecule has 1 fully saturated rings. The minimum atomic E-state index is -0.00580. The largest absolute Gasteiger partial charge is 0.349 e. The predicted molar refractivity (Wildman–Crippen MR) is 107 cm³/mol. The van der Waals surface area contributed by atoms with Crippen molar-refractivity contribution in [2.45, 2.75) is 49.5 Å². The Balaban J connectivity index is 1.57. The van der Waals surface area contributed by atoms with E-state index in [2.05, 4.69) is 5.32 Å². The molecule has 136 valence electrons. The molecule has 26 heavy (non-hydrogen) atoms. The van der Waals surface area contributed by atoms with E-state index < -0.39 is 0 Å². The molecule has 4 heteroatoms. The molecule has 0 bridgehead atoms. The zero-order valence-corrected chi connectivity index (χ0v) is 15.8. The molecule has 1 aliphatic rings. The number of Topliss-reactive ketones (excluding diaryl/α,β-unsaturated/α-hetero) is 1. The number of hydrogen-bond acceptors (Lipinski definition) is 3. The Labute approximate surface area is 159 Å². The molecule has 0 unspecified atom stereocenters. The van der Waals surface area contributed by atoms with Gasteiger partial charge in [-0.1, -0.05) is 62.1 Å². The summed E-state index contributed by atoms with van der Waals surface area (Å²) in [5.74, 6) is 0.468. The number of carbonyl (C=O) groups excluding carboxylic acids is 2. The lowest BCUT2D eigenvalue weighted by molar-refractivity contribution is 0.0932. The topological polar surface area (TPSA) is 46.2 Å². The third-order valence-corrected chi connectivity index (χ3v) is 5.75. The maximum atomic E-state index is 12.5. The average molecular weight is 368 g/mol. The first-order valence-corrected chi connectivity index (χ1v) is 10.3. The van der Waals surface area contributed by atoms with Crippen molar-refractivity contribution in [1.29, 1.82) is 0 Å². The van der Waals surface area contributed by atoms with E-state index >= 15 is 0 Å². The third-order valence-electron chi connectivity index (χ3n) is 4.75. The van der Waals surface area contributed by atoms with Crippen molar-refractivity contribution in [1.82, 2.24) is 5.32 Å². The number of hydrogen-bond donors (Lipinski definition) is 1. The number of carbonyl (C=O) groups is 2. The fourth-order valence-corrected chi connectivity index (χ4v) is 4.13. The van der Waals surface area contributed by atoms with E-state index in [4.69, 9.17) is 0 Å². The predicted octanol–water partition coefficient (Wildman–Crippen LogP) is 5.11. The van der Waals surface area contributed by atoms with Crippen LogP contribution in [-0.4, -0.2) is 23.5 Å². The van der Waals surface area contributed by atoms with Crippen LogP contribution in [0.3, 0.4) is 0 Å². The van der Waals surface area contributed by atoms with Crippen molar-refractivity contribution in [3.8, 4) is 0 Å². The summed E-state index contributed by atoms with van der Waals surface area (Å²) in [7, 11) is 0. The molecule has 0 heterocycles. The van der Waals surface area contributed by atoms with Crippen LogP contribution in [0, 0.1) is 0 Å². The second kappa shape index (κ2) is 9.58. The normalized spacial score (nSPS) is 15.2. The Hall–Kier alpha value is -2.07. The van der Waals surface area contributed by atoms with Crippen molar-refractivity contribution in [3.05, 3.63) is 65.7 Å². The van der Waals surface area contributed by atoms with E-state index in [0.29, 0.717) is 17.4 Å². The van der Waals surface area contributed by atoms with Gasteiger partial charge in [0.2, 0.25) is 0 Å². The SMILES string of the molecule is O=C(CSc1cccc(C(=O)NC2CCCCCC2)c1)c1ccccc1. The van der Waals surface area contributed by atoms with Gasteiger partial charge in [0.15, 0.2) is 5.78 Å². The monoisotopic (exact) mass is 367 g/mol. The summed E-state index contributed by atoms with van der Waals surface area (Å²) >= 11 is 1.47. The Morgan fingerprint density at radius 3 is 2.31 bits per heavy atom. The van der Waals surface area contributed by atoms with E-state index in [1.807, 2.05) is 54.6 Å². The first-order valence-electron chi connectivity index (χ1n) is 9.34. The highest BCUT2D eigenvalue weighted by Gasteiger charge is 2.16. The highest BCUT2D eigenvalue weighted by molar-refractivity contribution is 8.00. The van der Waals surface area contributed by atoms with Crippen LogP contribution in [-0.2, 0) is 0 Å². The number of nitrogens with one attached hydrogen (secondary N) is 1. The molecule has 0 atom stereocenters. The number of ketones is 1. The van der Waals surface area contributed by atoms with Crippen molar-refractivity contribution < 1.29 is 9.59 Å². The van der Waals surface area contributed by atoms with Crippen LogP contribution in [0.1, 0.15) is 59.2 Å². The van der Waals surface area contributed by atoms with Gasteiger partial charge >= 0.3 is 0 Å². The van der Waals surface area contributed by atoms with Crippen LogP contribution in [0.2, 0.25) is 0 Å². The first kappa shape index (κ1) is 18.7. The smallest absolute Gasteiger partial charge is 0.251 e. The van der Waals surface area contributed by atoms with Crippen LogP contribution in [0.4, 0.5) is 0 Å². The van der Waals surface area contributed by atoms with Gasteiger partial charge in [0.05, 0.1) is 5.75 Å². The zero-order chi connectivity index (χ0) is 18.2. The lowest BCUT2D eigenvalue weighted by Gasteiger charge is -2.16. The summed E-state index contributed by atoms with van der Waals surface area (Å²) in [4.78, 5) is 25.7. The van der Waals surface area contributed by atoms with Gasteiger partial charge < -0.3 is 5.32 Å². The van der Waals surface area contributed by atoms with Gasteiger partial charge in [-0.15, -0.1) is 11.8 Å². The highest BCUT2D eigenvalue weighted by Crippen LogP contribution is 2.22. The van der Waals surface area contributed by atoms with Crippen LogP contribution < -0.4 is 5.32 Å². The van der Waals surface area contributed by atoms with Crippen LogP contribution in [0.5, 0.6) is 0 Å². The Kier molecular flexibility index (Phi) is 6.89. The van der Waals surface area contributed by atoms with Crippen LogP contribution in [0.15, 0.2) is 59.5 Å². The lowest BCUT2D eigenvalue weighted by atomic mass is 10.1. The van der Waals surface area contributed by atoms with Crippen LogP contribution >= 0.6 is 11.8 Å². The summed E-state index contributed by atoms with van der Waals surface area (Å²) in [6.45, 7) is 0. The van der Waals surface area contributed by atoms with Gasteiger partial charge in [-0.05, 0) is 31.0 Å². The summed E-state index contributed by atoms with van der Waals surface area (Å²) < 4.78 is 0. The third kappa shape index (κ3) is 5.46. The molecular weight excluding hydrogens is 342 g/mol. The van der Waals surface area contributed by atoms with Gasteiger partial charge in [0.25, 0.3) is 5.91 Å². The summed E-state index contributed by atoms with van der Waals surface area (Å²) in [6.07, 6.45) is 7.09. The highest BCUT2D eigenvalue weighted by atomic mass is 32.2. The summed E-state index contributed by atoms with van der Waals surface area (Å²) in [5, 5.41) is 3.18. The number of rotatable bonds is 6. The molecule has 0 aromatic heterocycles. The Morgan fingerprint density at radius 2 is 1.58 bits per heavy atom. The van der Waals surface area contributed by atoms with E-state index in [0.717, 1.165) is 23.3 Å². The molecule has 0 radical (unpaired) electrons. The molecule has 0 saturated heterocycles. The first-order chi connectivity index (χ1) is 12.7. The summed E-state index contributed by atoms with van der Waals surface area (Å²) in [6, 6.07) is 17.2. The molecule has 3 nitrogen and oxygen atoms in total. The fourth-order valence-electron chi connectivity index (χ4n) is 3.28. The van der Waals surface area contributed by atoms with Gasteiger partial charge in [-0.3, -0.25) is 9.59 Å². The molecular formula is C22H25NO2S. The lowest BCUT2D eigenvalue weighted by Crippen LogP contribution is -2.34. The maximum absolute atomic E-state index is 12.5. The number of amides is 1. The molecule has 2 aromatic rings. The number of benzene rings is 2. The fraction of sp³-hybridized carbons (Fsp3) is 0.364. The van der Waals surface area contributed by atoms with E-state index in [1.165, 1.54) is 37.4 Å². The minimum Gasteiger partial charge on any atom is -0.349 e. The molecule has 0 aliphatic heterocycles. The van der Waals surface area contributed by atoms with Gasteiger partial charge in [0.1, 0.15) is 0 Å². The van der Waals surface area contributed by atoms with E-state index in [9.17, 15) is 9.59 Å². The molecule has 1 N–H and O–H groups in total. The summed E-state index contributed by atoms with van der Waals surface area (Å²) in [5.41, 5.74) is 1.40. The molecule has 0 spiro atoms. The van der Waals surface area contributed by atoms with Crippen molar-refractivity contribution in [2.75, 3.05) is 5.75 Å². The molecule has 3 rings (SSSR count). The van der Waals surface area contributed by atoms with Gasteiger partial charge in [-0.25, -0.2) is 0 Å². The van der Waals surface area contributed by atoms with Crippen molar-refractivity contribution >= 4 is 23.5 Å². The van der Waals surface area contributed by atoms with E-state index in [-0.39, 0.29) is 11.7 Å². The van der Waals surface area contributed by atoms with Crippen molar-refractivity contribution in [2.24, 2.45) is 0 Å². The quantitative estimate of drug-likeness (QED) is 0.438. The Morgan fingerprint density at radius 1 is 0.885 bits per heavy atom. The average Bonchev–Trinajstić information content (AvgIpc) is 2.95. The second-order valence-electron chi connectivity index (χ2n) is 6.77. The Bertz CT molecular complexity index is 737. The van der Waals surface area contributed by atoms with Crippen molar-refractivity contribution in [3.63, 3.8) is 0 Å². The van der Waals surface area contributed by atoms with E-state index in [1.54, 1.807) is 0 Å². The van der Waals surface area contributed by atoms with Crippen LogP contribution in [0.25, 0.3) is 0 Å².